The van der Waals surface area contributed by atoms with Crippen molar-refractivity contribution in [3.63, 3.8) is 0 Å². The third-order valence-corrected chi connectivity index (χ3v) is 4.28. The molecular weight excluding hydrogens is 298 g/mol. The van der Waals surface area contributed by atoms with Crippen LogP contribution >= 0.6 is 0 Å². The van der Waals surface area contributed by atoms with Gasteiger partial charge in [0.2, 0.25) is 0 Å². The van der Waals surface area contributed by atoms with Gasteiger partial charge < -0.3 is 23.8 Å². The quantitative estimate of drug-likeness (QED) is 0.844. The summed E-state index contributed by atoms with van der Waals surface area (Å²) in [6.45, 7) is 6.43. The largest absolute Gasteiger partial charge is 0.497 e. The van der Waals surface area contributed by atoms with Gasteiger partial charge in [-0.05, 0) is 38.1 Å². The van der Waals surface area contributed by atoms with Gasteiger partial charge in [-0.15, -0.1) is 0 Å². The third kappa shape index (κ3) is 3.59. The van der Waals surface area contributed by atoms with Crippen LogP contribution < -0.4 is 9.47 Å². The van der Waals surface area contributed by atoms with E-state index in [2.05, 4.69) is 0 Å². The summed E-state index contributed by atoms with van der Waals surface area (Å²) in [6.07, 6.45) is 0. The molecule has 1 spiro atoms. The van der Waals surface area contributed by atoms with E-state index in [4.69, 9.17) is 18.9 Å². The number of benzene rings is 1. The Labute approximate surface area is 136 Å². The average Bonchev–Trinajstić information content (AvgIpc) is 2.51. The van der Waals surface area contributed by atoms with E-state index in [1.165, 1.54) is 0 Å². The fourth-order valence-corrected chi connectivity index (χ4v) is 2.77. The number of carbonyl (C=O) groups is 1. The van der Waals surface area contributed by atoms with Crippen LogP contribution in [0.2, 0.25) is 0 Å². The number of rotatable bonds is 4. The number of carbonyl (C=O) groups excluding carboxylic acids is 1. The fourth-order valence-electron chi connectivity index (χ4n) is 2.77. The first-order valence-corrected chi connectivity index (χ1v) is 7.74. The van der Waals surface area contributed by atoms with Crippen LogP contribution in [0.15, 0.2) is 24.3 Å². The van der Waals surface area contributed by atoms with Crippen molar-refractivity contribution in [3.05, 3.63) is 24.3 Å². The standard InChI is InChI=1S/C17H23NO5/c1-16(2)22-11-17(12-23-16)9-18(10-17)15(19)8-21-14-6-4-13(20-3)5-7-14/h4-7H,8-12H2,1-3H3. The molecule has 0 radical (unpaired) electrons. The van der Waals surface area contributed by atoms with E-state index in [-0.39, 0.29) is 17.9 Å². The summed E-state index contributed by atoms with van der Waals surface area (Å²) in [5.41, 5.74) is -0.0503. The maximum Gasteiger partial charge on any atom is 0.260 e. The van der Waals surface area contributed by atoms with E-state index in [9.17, 15) is 4.79 Å². The van der Waals surface area contributed by atoms with E-state index in [1.54, 1.807) is 36.3 Å². The van der Waals surface area contributed by atoms with Crippen molar-refractivity contribution in [1.82, 2.24) is 4.90 Å². The van der Waals surface area contributed by atoms with Gasteiger partial charge >= 0.3 is 0 Å². The van der Waals surface area contributed by atoms with Gasteiger partial charge in [0.05, 0.1) is 25.7 Å². The number of ether oxygens (including phenoxy) is 4. The number of methoxy groups -OCH3 is 1. The molecule has 0 aromatic heterocycles. The number of hydrogen-bond donors (Lipinski definition) is 0. The van der Waals surface area contributed by atoms with Crippen molar-refractivity contribution in [3.8, 4) is 11.5 Å². The molecule has 126 valence electrons. The molecule has 6 heteroatoms. The Morgan fingerprint density at radius 3 is 2.26 bits per heavy atom. The average molecular weight is 321 g/mol. The van der Waals surface area contributed by atoms with Gasteiger partial charge in [-0.25, -0.2) is 0 Å². The van der Waals surface area contributed by atoms with E-state index in [0.717, 1.165) is 5.75 Å². The molecule has 3 rings (SSSR count). The predicted molar refractivity (Wildman–Crippen MR) is 83.5 cm³/mol. The van der Waals surface area contributed by atoms with Crippen molar-refractivity contribution in [2.45, 2.75) is 19.6 Å². The van der Waals surface area contributed by atoms with Gasteiger partial charge in [0, 0.05) is 13.1 Å². The monoisotopic (exact) mass is 321 g/mol. The minimum absolute atomic E-state index is 0.0173. The number of likely N-dealkylation sites (tertiary alicyclic amines) is 1. The van der Waals surface area contributed by atoms with Crippen LogP contribution in [0.1, 0.15) is 13.8 Å². The summed E-state index contributed by atoms with van der Waals surface area (Å²) < 4.78 is 22.0. The second-order valence-corrected chi connectivity index (χ2v) is 6.69. The lowest BCUT2D eigenvalue weighted by molar-refractivity contribution is -0.303. The van der Waals surface area contributed by atoms with Crippen molar-refractivity contribution < 1.29 is 23.7 Å². The number of amides is 1. The summed E-state index contributed by atoms with van der Waals surface area (Å²) in [7, 11) is 1.61. The van der Waals surface area contributed by atoms with Gasteiger partial charge in [-0.3, -0.25) is 4.79 Å². The highest BCUT2D eigenvalue weighted by Gasteiger charge is 2.50. The second kappa shape index (κ2) is 6.02. The van der Waals surface area contributed by atoms with Gasteiger partial charge in [0.15, 0.2) is 12.4 Å². The molecule has 0 N–H and O–H groups in total. The Morgan fingerprint density at radius 1 is 1.13 bits per heavy atom. The van der Waals surface area contributed by atoms with Crippen molar-refractivity contribution in [2.75, 3.05) is 40.0 Å². The first-order chi connectivity index (χ1) is 10.9. The van der Waals surface area contributed by atoms with Crippen LogP contribution in [0.5, 0.6) is 11.5 Å². The van der Waals surface area contributed by atoms with Crippen molar-refractivity contribution in [2.24, 2.45) is 5.41 Å². The summed E-state index contributed by atoms with van der Waals surface area (Å²) >= 11 is 0. The Balaban J connectivity index is 1.44. The molecule has 2 aliphatic rings. The molecule has 0 aliphatic carbocycles. The molecule has 2 fully saturated rings. The molecule has 0 unspecified atom stereocenters. The van der Waals surface area contributed by atoms with Crippen LogP contribution in [0.4, 0.5) is 0 Å². The highest BCUT2D eigenvalue weighted by Crippen LogP contribution is 2.37. The molecule has 1 amide bonds. The Morgan fingerprint density at radius 2 is 1.70 bits per heavy atom. The normalized spacial score (nSPS) is 21.6. The molecule has 0 atom stereocenters. The first-order valence-electron chi connectivity index (χ1n) is 7.74. The van der Waals surface area contributed by atoms with Crippen LogP contribution in [0.25, 0.3) is 0 Å². The maximum absolute atomic E-state index is 12.2. The van der Waals surface area contributed by atoms with Crippen LogP contribution in [-0.2, 0) is 14.3 Å². The molecule has 0 saturated carbocycles. The van der Waals surface area contributed by atoms with Gasteiger partial charge in [-0.2, -0.15) is 0 Å². The van der Waals surface area contributed by atoms with Crippen LogP contribution in [0, 0.1) is 5.41 Å². The smallest absolute Gasteiger partial charge is 0.260 e. The highest BCUT2D eigenvalue weighted by molar-refractivity contribution is 5.78. The predicted octanol–water partition coefficient (Wildman–Crippen LogP) is 1.69. The second-order valence-electron chi connectivity index (χ2n) is 6.69. The third-order valence-electron chi connectivity index (χ3n) is 4.28. The number of hydrogen-bond acceptors (Lipinski definition) is 5. The lowest BCUT2D eigenvalue weighted by Gasteiger charge is -2.53. The maximum atomic E-state index is 12.2. The molecule has 1 aromatic carbocycles. The van der Waals surface area contributed by atoms with Crippen LogP contribution in [0.3, 0.4) is 0 Å². The molecule has 0 bridgehead atoms. The minimum Gasteiger partial charge on any atom is -0.497 e. The lowest BCUT2D eigenvalue weighted by Crippen LogP contribution is -2.66. The topological polar surface area (TPSA) is 57.2 Å². The zero-order valence-corrected chi connectivity index (χ0v) is 13.8. The lowest BCUT2D eigenvalue weighted by atomic mass is 9.80. The zero-order valence-electron chi connectivity index (χ0n) is 13.8. The highest BCUT2D eigenvalue weighted by atomic mass is 16.7. The summed E-state index contributed by atoms with van der Waals surface area (Å²) in [4.78, 5) is 14.0. The van der Waals surface area contributed by atoms with Crippen molar-refractivity contribution >= 4 is 5.91 Å². The first kappa shape index (κ1) is 16.1. The molecule has 6 nitrogen and oxygen atoms in total. The van der Waals surface area contributed by atoms with Gasteiger partial charge in [-0.1, -0.05) is 0 Å². The summed E-state index contributed by atoms with van der Waals surface area (Å²) in [5, 5.41) is 0. The molecule has 2 heterocycles. The van der Waals surface area contributed by atoms with Crippen molar-refractivity contribution in [1.29, 1.82) is 0 Å². The van der Waals surface area contributed by atoms with E-state index >= 15 is 0 Å². The molecule has 2 saturated heterocycles. The van der Waals surface area contributed by atoms with Gasteiger partial charge in [0.25, 0.3) is 5.91 Å². The minimum atomic E-state index is -0.521. The zero-order chi connectivity index (χ0) is 16.5. The SMILES string of the molecule is COc1ccc(OCC(=O)N2CC3(COC(C)(C)OC3)C2)cc1. The molecular formula is C17H23NO5. The van der Waals surface area contributed by atoms with E-state index in [0.29, 0.717) is 32.1 Å². The fraction of sp³-hybridized carbons (Fsp3) is 0.588. The van der Waals surface area contributed by atoms with Crippen LogP contribution in [-0.4, -0.2) is 56.6 Å². The Hall–Kier alpha value is -1.79. The van der Waals surface area contributed by atoms with E-state index < -0.39 is 5.79 Å². The number of nitrogens with zero attached hydrogens (tertiary/aromatic N) is 1. The molecule has 2 aliphatic heterocycles. The summed E-state index contributed by atoms with van der Waals surface area (Å²) in [5.74, 6) is 0.873. The van der Waals surface area contributed by atoms with Gasteiger partial charge in [0.1, 0.15) is 11.5 Å². The summed E-state index contributed by atoms with van der Waals surface area (Å²) in [6, 6.07) is 7.18. The molecule has 23 heavy (non-hydrogen) atoms. The van der Waals surface area contributed by atoms with E-state index in [1.807, 2.05) is 13.8 Å². The Kier molecular flexibility index (Phi) is 4.21. The molecule has 1 aromatic rings. The Bertz CT molecular complexity index is 551.